The summed E-state index contributed by atoms with van der Waals surface area (Å²) in [4.78, 5) is 23.9. The molecule has 2 aliphatic rings. The summed E-state index contributed by atoms with van der Waals surface area (Å²) < 4.78 is 10.7. The summed E-state index contributed by atoms with van der Waals surface area (Å²) >= 11 is 0. The first-order chi connectivity index (χ1) is 8.62. The standard InChI is InChI=1S/C14H12O4/c1-17-14(18-2)6-8-4-3-5-9-11(8)10(7-14)13(16)12(9)15/h3-6H,7H2,1-2H3. The van der Waals surface area contributed by atoms with E-state index in [0.717, 1.165) is 10.4 Å². The minimum Gasteiger partial charge on any atom is -0.349 e. The van der Waals surface area contributed by atoms with Gasteiger partial charge in [-0.1, -0.05) is 18.2 Å². The number of ketones is 2. The summed E-state index contributed by atoms with van der Waals surface area (Å²) in [5.74, 6) is -1.83. The first-order valence-electron chi connectivity index (χ1n) is 5.66. The Morgan fingerprint density at radius 3 is 2.50 bits per heavy atom. The average Bonchev–Trinajstić information content (AvgIpc) is 2.66. The van der Waals surface area contributed by atoms with Gasteiger partial charge in [-0.05, 0) is 11.3 Å². The van der Waals surface area contributed by atoms with Gasteiger partial charge in [-0.25, -0.2) is 0 Å². The Kier molecular flexibility index (Phi) is 2.27. The van der Waals surface area contributed by atoms with Gasteiger partial charge in [-0.3, -0.25) is 9.59 Å². The van der Waals surface area contributed by atoms with Gasteiger partial charge in [0.15, 0.2) is 5.79 Å². The van der Waals surface area contributed by atoms with E-state index in [1.807, 2.05) is 12.1 Å². The summed E-state index contributed by atoms with van der Waals surface area (Å²) in [6, 6.07) is 5.31. The van der Waals surface area contributed by atoms with Crippen LogP contribution in [0.1, 0.15) is 16.8 Å². The van der Waals surface area contributed by atoms with Gasteiger partial charge >= 0.3 is 0 Å². The Morgan fingerprint density at radius 1 is 1.11 bits per heavy atom. The Balaban J connectivity index is 2.38. The van der Waals surface area contributed by atoms with Crippen LogP contribution in [0.2, 0.25) is 0 Å². The molecule has 1 aromatic carbocycles. The van der Waals surface area contributed by atoms with Gasteiger partial charge in [-0.2, -0.15) is 0 Å². The van der Waals surface area contributed by atoms with Crippen LogP contribution in [0.15, 0.2) is 18.2 Å². The molecule has 3 rings (SSSR count). The zero-order valence-electron chi connectivity index (χ0n) is 10.1. The largest absolute Gasteiger partial charge is 0.349 e. The van der Waals surface area contributed by atoms with Crippen molar-refractivity contribution in [3.8, 4) is 0 Å². The van der Waals surface area contributed by atoms with Crippen LogP contribution in [-0.4, -0.2) is 31.6 Å². The molecule has 0 aliphatic heterocycles. The van der Waals surface area contributed by atoms with Gasteiger partial charge in [0, 0.05) is 37.0 Å². The number of Topliss-reactive ketones (excluding diaryl/α,β-unsaturated/α-hetero) is 2. The van der Waals surface area contributed by atoms with E-state index in [2.05, 4.69) is 0 Å². The van der Waals surface area contributed by atoms with Crippen LogP contribution in [0.25, 0.3) is 11.6 Å². The summed E-state index contributed by atoms with van der Waals surface area (Å²) in [6.07, 6.45) is 2.09. The highest BCUT2D eigenvalue weighted by atomic mass is 16.7. The van der Waals surface area contributed by atoms with Crippen molar-refractivity contribution < 1.29 is 19.1 Å². The van der Waals surface area contributed by atoms with Gasteiger partial charge in [0.25, 0.3) is 0 Å². The first kappa shape index (κ1) is 11.3. The van der Waals surface area contributed by atoms with E-state index < -0.39 is 17.4 Å². The molecular formula is C14H12O4. The monoisotopic (exact) mass is 244 g/mol. The Hall–Kier alpha value is -1.78. The van der Waals surface area contributed by atoms with Crippen molar-refractivity contribution in [3.05, 3.63) is 34.2 Å². The van der Waals surface area contributed by atoms with Gasteiger partial charge in [0.1, 0.15) is 0 Å². The fourth-order valence-corrected chi connectivity index (χ4v) is 2.64. The van der Waals surface area contributed by atoms with Crippen molar-refractivity contribution in [2.24, 2.45) is 0 Å². The second-order valence-corrected chi connectivity index (χ2v) is 4.45. The topological polar surface area (TPSA) is 52.6 Å². The van der Waals surface area contributed by atoms with Crippen molar-refractivity contribution in [1.29, 1.82) is 0 Å². The van der Waals surface area contributed by atoms with Crippen molar-refractivity contribution in [2.45, 2.75) is 12.2 Å². The molecular weight excluding hydrogens is 232 g/mol. The average molecular weight is 244 g/mol. The third kappa shape index (κ3) is 1.27. The number of hydrogen-bond acceptors (Lipinski definition) is 4. The zero-order valence-corrected chi connectivity index (χ0v) is 10.1. The summed E-state index contributed by atoms with van der Waals surface area (Å²) in [5, 5.41) is 1.56. The molecule has 0 saturated carbocycles. The Bertz CT molecular complexity index is 680. The Labute approximate surface area is 104 Å². The second-order valence-electron chi connectivity index (χ2n) is 4.45. The van der Waals surface area contributed by atoms with Gasteiger partial charge < -0.3 is 9.47 Å². The highest BCUT2D eigenvalue weighted by Crippen LogP contribution is 2.28. The molecule has 18 heavy (non-hydrogen) atoms. The van der Waals surface area contributed by atoms with Crippen LogP contribution in [-0.2, 0) is 14.3 Å². The molecule has 4 nitrogen and oxygen atoms in total. The molecule has 0 saturated heterocycles. The predicted molar refractivity (Wildman–Crippen MR) is 64.3 cm³/mol. The lowest BCUT2D eigenvalue weighted by molar-refractivity contribution is -0.154. The quantitative estimate of drug-likeness (QED) is 0.533. The van der Waals surface area contributed by atoms with E-state index in [9.17, 15) is 9.59 Å². The fraction of sp³-hybridized carbons (Fsp3) is 0.286. The predicted octanol–water partition coefficient (Wildman–Crippen LogP) is -0.224. The van der Waals surface area contributed by atoms with Crippen LogP contribution in [0.4, 0.5) is 0 Å². The molecule has 0 N–H and O–H groups in total. The summed E-state index contributed by atoms with van der Waals surface area (Å²) in [6.45, 7) is 0. The van der Waals surface area contributed by atoms with Crippen LogP contribution >= 0.6 is 0 Å². The number of carbonyl (C=O) groups excluding carboxylic acids is 2. The zero-order chi connectivity index (χ0) is 12.9. The smallest absolute Gasteiger partial charge is 0.233 e. The number of carbonyl (C=O) groups is 2. The van der Waals surface area contributed by atoms with E-state index in [1.54, 1.807) is 12.1 Å². The molecule has 0 spiro atoms. The highest BCUT2D eigenvalue weighted by Gasteiger charge is 2.40. The minimum absolute atomic E-state index is 0.272. The molecule has 92 valence electrons. The van der Waals surface area contributed by atoms with Crippen LogP contribution in [0.5, 0.6) is 0 Å². The molecule has 0 unspecified atom stereocenters. The maximum atomic E-state index is 12.0. The fourth-order valence-electron chi connectivity index (χ4n) is 2.64. The lowest BCUT2D eigenvalue weighted by Crippen LogP contribution is -2.43. The number of rotatable bonds is 2. The van der Waals surface area contributed by atoms with E-state index >= 15 is 0 Å². The van der Waals surface area contributed by atoms with Crippen molar-refractivity contribution >= 4 is 23.2 Å². The normalized spacial score (nSPS) is 19.8. The van der Waals surface area contributed by atoms with Crippen molar-refractivity contribution in [1.82, 2.24) is 0 Å². The maximum absolute atomic E-state index is 12.0. The van der Waals surface area contributed by atoms with E-state index in [-0.39, 0.29) is 6.42 Å². The van der Waals surface area contributed by atoms with E-state index in [4.69, 9.17) is 9.47 Å². The maximum Gasteiger partial charge on any atom is 0.233 e. The van der Waals surface area contributed by atoms with Crippen LogP contribution in [0, 0.1) is 0 Å². The highest BCUT2D eigenvalue weighted by molar-refractivity contribution is 6.59. The second kappa shape index (κ2) is 3.60. The molecule has 2 aliphatic carbocycles. The number of benzene rings is 1. The lowest BCUT2D eigenvalue weighted by Gasteiger charge is -2.29. The molecule has 0 bridgehead atoms. The van der Waals surface area contributed by atoms with Gasteiger partial charge in [-0.15, -0.1) is 0 Å². The third-order valence-electron chi connectivity index (χ3n) is 3.61. The van der Waals surface area contributed by atoms with Crippen LogP contribution in [0.3, 0.4) is 0 Å². The summed E-state index contributed by atoms with van der Waals surface area (Å²) in [7, 11) is 3.05. The van der Waals surface area contributed by atoms with E-state index in [0.29, 0.717) is 11.1 Å². The molecule has 0 amide bonds. The lowest BCUT2D eigenvalue weighted by atomic mass is 9.95. The van der Waals surface area contributed by atoms with E-state index in [1.165, 1.54) is 14.2 Å². The number of methoxy groups -OCH3 is 2. The first-order valence-corrected chi connectivity index (χ1v) is 5.66. The SMILES string of the molecule is COC1(OC)C=c2cccc3c2=C(C1)C(=O)C3=O. The molecule has 0 heterocycles. The van der Waals surface area contributed by atoms with Gasteiger partial charge in [0.05, 0.1) is 0 Å². The molecule has 4 heteroatoms. The third-order valence-corrected chi connectivity index (χ3v) is 3.61. The number of hydrogen-bond donors (Lipinski definition) is 0. The summed E-state index contributed by atoms with van der Waals surface area (Å²) in [5.41, 5.74) is 0.987. The molecule has 0 fully saturated rings. The molecule has 0 atom stereocenters. The minimum atomic E-state index is -0.957. The molecule has 0 aromatic heterocycles. The molecule has 1 aromatic rings. The Morgan fingerprint density at radius 2 is 1.83 bits per heavy atom. The van der Waals surface area contributed by atoms with Crippen LogP contribution < -0.4 is 10.4 Å². The van der Waals surface area contributed by atoms with Crippen molar-refractivity contribution in [2.75, 3.05) is 14.2 Å². The van der Waals surface area contributed by atoms with Gasteiger partial charge in [0.2, 0.25) is 11.6 Å². The van der Waals surface area contributed by atoms with Crippen molar-refractivity contribution in [3.63, 3.8) is 0 Å². The number of ether oxygens (including phenoxy) is 2. The molecule has 0 radical (unpaired) electrons.